The van der Waals surface area contributed by atoms with Gasteiger partial charge in [-0.3, -0.25) is 0 Å². The Bertz CT molecular complexity index is 464. The van der Waals surface area contributed by atoms with Crippen molar-refractivity contribution in [1.82, 2.24) is 4.72 Å². The Morgan fingerprint density at radius 3 is 2.61 bits per heavy atom. The summed E-state index contributed by atoms with van der Waals surface area (Å²) in [5.74, 6) is 0. The van der Waals surface area contributed by atoms with E-state index in [1.54, 1.807) is 17.5 Å². The van der Waals surface area contributed by atoms with Crippen LogP contribution in [0.3, 0.4) is 0 Å². The molecule has 6 heteroatoms. The molecule has 2 rings (SSSR count). The van der Waals surface area contributed by atoms with E-state index >= 15 is 0 Å². The third-order valence-electron chi connectivity index (χ3n) is 3.59. The van der Waals surface area contributed by atoms with E-state index in [2.05, 4.69) is 20.7 Å². The second-order valence-electron chi connectivity index (χ2n) is 4.95. The molecule has 1 fully saturated rings. The van der Waals surface area contributed by atoms with Crippen LogP contribution in [-0.4, -0.2) is 20.3 Å². The maximum atomic E-state index is 12.1. The number of alkyl halides is 1. The van der Waals surface area contributed by atoms with Crippen LogP contribution in [0.5, 0.6) is 0 Å². The molecular weight excluding hydrogens is 334 g/mol. The molecule has 0 radical (unpaired) electrons. The number of hydrogen-bond acceptors (Lipinski definition) is 3. The van der Waals surface area contributed by atoms with Crippen molar-refractivity contribution in [2.24, 2.45) is 5.41 Å². The maximum absolute atomic E-state index is 12.1. The van der Waals surface area contributed by atoms with Crippen LogP contribution in [-0.2, 0) is 10.0 Å². The van der Waals surface area contributed by atoms with Gasteiger partial charge in [-0.1, -0.05) is 41.3 Å². The van der Waals surface area contributed by atoms with Gasteiger partial charge in [-0.25, -0.2) is 13.1 Å². The van der Waals surface area contributed by atoms with Crippen LogP contribution < -0.4 is 4.72 Å². The standard InChI is InChI=1S/C12H18BrNO2S2/c13-9-12(6-2-1-3-7-12)10-14-18(15,16)11-5-4-8-17-11/h4-5,8,14H,1-3,6-7,9-10H2. The molecule has 0 atom stereocenters. The lowest BCUT2D eigenvalue weighted by molar-refractivity contribution is 0.227. The number of hydrogen-bond donors (Lipinski definition) is 1. The molecule has 0 aromatic carbocycles. The van der Waals surface area contributed by atoms with E-state index in [1.807, 2.05) is 0 Å². The van der Waals surface area contributed by atoms with Gasteiger partial charge in [0, 0.05) is 11.9 Å². The van der Waals surface area contributed by atoms with Gasteiger partial charge in [-0.05, 0) is 29.7 Å². The molecule has 1 heterocycles. The summed E-state index contributed by atoms with van der Waals surface area (Å²) in [6.07, 6.45) is 5.88. The van der Waals surface area contributed by atoms with Gasteiger partial charge in [0.25, 0.3) is 0 Å². The van der Waals surface area contributed by atoms with Crippen molar-refractivity contribution in [2.45, 2.75) is 36.3 Å². The minimum atomic E-state index is -3.32. The van der Waals surface area contributed by atoms with Gasteiger partial charge in [-0.15, -0.1) is 11.3 Å². The number of thiophene rings is 1. The first kappa shape index (κ1) is 14.5. The zero-order valence-electron chi connectivity index (χ0n) is 10.2. The zero-order valence-corrected chi connectivity index (χ0v) is 13.4. The van der Waals surface area contributed by atoms with Gasteiger partial charge in [0.05, 0.1) is 0 Å². The molecule has 1 saturated carbocycles. The second kappa shape index (κ2) is 6.03. The highest BCUT2D eigenvalue weighted by Crippen LogP contribution is 2.37. The van der Waals surface area contributed by atoms with E-state index in [-0.39, 0.29) is 5.41 Å². The lowest BCUT2D eigenvalue weighted by atomic mass is 9.76. The number of rotatable bonds is 5. The van der Waals surface area contributed by atoms with Crippen LogP contribution in [0.25, 0.3) is 0 Å². The van der Waals surface area contributed by atoms with Crippen molar-refractivity contribution in [3.63, 3.8) is 0 Å². The van der Waals surface area contributed by atoms with Crippen molar-refractivity contribution in [1.29, 1.82) is 0 Å². The first-order chi connectivity index (χ1) is 8.58. The fraction of sp³-hybridized carbons (Fsp3) is 0.667. The fourth-order valence-electron chi connectivity index (χ4n) is 2.40. The molecule has 1 N–H and O–H groups in total. The predicted octanol–water partition coefficient (Wildman–Crippen LogP) is 3.37. The quantitative estimate of drug-likeness (QED) is 0.826. The monoisotopic (exact) mass is 351 g/mol. The smallest absolute Gasteiger partial charge is 0.210 e. The molecule has 0 unspecified atom stereocenters. The lowest BCUT2D eigenvalue weighted by Crippen LogP contribution is -2.39. The number of nitrogens with one attached hydrogen (secondary N) is 1. The van der Waals surface area contributed by atoms with Crippen LogP contribution in [0.15, 0.2) is 21.7 Å². The van der Waals surface area contributed by atoms with E-state index in [4.69, 9.17) is 0 Å². The molecular formula is C12H18BrNO2S2. The molecule has 3 nitrogen and oxygen atoms in total. The van der Waals surface area contributed by atoms with Gasteiger partial charge in [0.15, 0.2) is 0 Å². The highest BCUT2D eigenvalue weighted by atomic mass is 79.9. The summed E-state index contributed by atoms with van der Waals surface area (Å²) >= 11 is 4.81. The van der Waals surface area contributed by atoms with E-state index in [9.17, 15) is 8.42 Å². The van der Waals surface area contributed by atoms with E-state index in [0.29, 0.717) is 10.8 Å². The zero-order chi connectivity index (χ0) is 13.1. The maximum Gasteiger partial charge on any atom is 0.250 e. The SMILES string of the molecule is O=S(=O)(NCC1(CBr)CCCCC1)c1cccs1. The molecule has 18 heavy (non-hydrogen) atoms. The Labute approximate surface area is 121 Å². The topological polar surface area (TPSA) is 46.2 Å². The van der Waals surface area contributed by atoms with Gasteiger partial charge in [0.1, 0.15) is 4.21 Å². The minimum absolute atomic E-state index is 0.0998. The Kier molecular flexibility index (Phi) is 4.86. The summed E-state index contributed by atoms with van der Waals surface area (Å²) in [5.41, 5.74) is 0.0998. The summed E-state index contributed by atoms with van der Waals surface area (Å²) < 4.78 is 27.3. The average molecular weight is 352 g/mol. The summed E-state index contributed by atoms with van der Waals surface area (Å²) in [7, 11) is -3.32. The van der Waals surface area contributed by atoms with Gasteiger partial charge >= 0.3 is 0 Å². The van der Waals surface area contributed by atoms with E-state index in [0.717, 1.165) is 18.2 Å². The number of halogens is 1. The molecule has 102 valence electrons. The Hall–Kier alpha value is 0.0900. The third kappa shape index (κ3) is 3.35. The highest BCUT2D eigenvalue weighted by molar-refractivity contribution is 9.09. The Morgan fingerprint density at radius 1 is 1.33 bits per heavy atom. The van der Waals surface area contributed by atoms with Crippen molar-refractivity contribution < 1.29 is 8.42 Å². The summed E-state index contributed by atoms with van der Waals surface area (Å²) in [5, 5.41) is 2.66. The van der Waals surface area contributed by atoms with E-state index < -0.39 is 10.0 Å². The Morgan fingerprint density at radius 2 is 2.06 bits per heavy atom. The van der Waals surface area contributed by atoms with Crippen molar-refractivity contribution in [3.8, 4) is 0 Å². The molecule has 0 spiro atoms. The molecule has 0 aliphatic heterocycles. The largest absolute Gasteiger partial charge is 0.250 e. The lowest BCUT2D eigenvalue weighted by Gasteiger charge is -2.35. The third-order valence-corrected chi connectivity index (χ3v) is 7.58. The predicted molar refractivity (Wildman–Crippen MR) is 78.8 cm³/mol. The van der Waals surface area contributed by atoms with Crippen LogP contribution in [0.1, 0.15) is 32.1 Å². The van der Waals surface area contributed by atoms with Crippen molar-refractivity contribution in [2.75, 3.05) is 11.9 Å². The fourth-order valence-corrected chi connectivity index (χ4v) is 5.35. The van der Waals surface area contributed by atoms with Gasteiger partial charge < -0.3 is 0 Å². The molecule has 0 saturated heterocycles. The normalized spacial score (nSPS) is 19.8. The molecule has 1 aromatic heterocycles. The molecule has 1 aromatic rings. The summed E-state index contributed by atoms with van der Waals surface area (Å²) in [6.45, 7) is 0.540. The van der Waals surface area contributed by atoms with Gasteiger partial charge in [0.2, 0.25) is 10.0 Å². The summed E-state index contributed by atoms with van der Waals surface area (Å²) in [4.78, 5) is 0. The van der Waals surface area contributed by atoms with Crippen LogP contribution in [0, 0.1) is 5.41 Å². The second-order valence-corrected chi connectivity index (χ2v) is 8.45. The molecule has 1 aliphatic rings. The van der Waals surface area contributed by atoms with E-state index in [1.165, 1.54) is 30.6 Å². The van der Waals surface area contributed by atoms with Crippen LogP contribution in [0.2, 0.25) is 0 Å². The highest BCUT2D eigenvalue weighted by Gasteiger charge is 2.32. The average Bonchev–Trinajstić information content (AvgIpc) is 2.92. The summed E-state index contributed by atoms with van der Waals surface area (Å²) in [6, 6.07) is 3.41. The Balaban J connectivity index is 2.02. The minimum Gasteiger partial charge on any atom is -0.210 e. The van der Waals surface area contributed by atoms with Crippen LogP contribution in [0.4, 0.5) is 0 Å². The van der Waals surface area contributed by atoms with Crippen LogP contribution >= 0.6 is 27.3 Å². The first-order valence-electron chi connectivity index (χ1n) is 6.17. The van der Waals surface area contributed by atoms with Gasteiger partial charge in [-0.2, -0.15) is 0 Å². The van der Waals surface area contributed by atoms with Crippen molar-refractivity contribution >= 4 is 37.3 Å². The number of sulfonamides is 1. The molecule has 0 bridgehead atoms. The first-order valence-corrected chi connectivity index (χ1v) is 9.66. The molecule has 1 aliphatic carbocycles. The molecule has 0 amide bonds. The van der Waals surface area contributed by atoms with Crippen molar-refractivity contribution in [3.05, 3.63) is 17.5 Å².